The Kier molecular flexibility index (Phi) is 4.67. The molecule has 0 aromatic rings. The highest BCUT2D eigenvalue weighted by Crippen LogP contribution is 2.40. The molecule has 2 heterocycles. The number of alkyl halides is 3. The Morgan fingerprint density at radius 3 is 2.33 bits per heavy atom. The fourth-order valence-electron chi connectivity index (χ4n) is 2.94. The van der Waals surface area contributed by atoms with Crippen molar-refractivity contribution >= 4 is 6.03 Å². The first-order valence-electron chi connectivity index (χ1n) is 7.26. The number of aliphatic hydroxyl groups is 1. The molecule has 122 valence electrons. The van der Waals surface area contributed by atoms with Gasteiger partial charge in [0.15, 0.2) is 5.60 Å². The van der Waals surface area contributed by atoms with Gasteiger partial charge in [0, 0.05) is 26.2 Å². The number of amides is 2. The second kappa shape index (κ2) is 6.00. The van der Waals surface area contributed by atoms with E-state index in [0.717, 1.165) is 6.92 Å². The molecule has 8 heteroatoms. The van der Waals surface area contributed by atoms with Crippen LogP contribution in [0.15, 0.2) is 0 Å². The second-order valence-electron chi connectivity index (χ2n) is 5.98. The molecule has 0 aliphatic carbocycles. The fraction of sp³-hybridized carbons (Fsp3) is 0.923. The van der Waals surface area contributed by atoms with E-state index >= 15 is 0 Å². The SMILES string of the molecule is CC(O)(C1CCN(CCN2CCNC2=O)CC1)C(F)(F)F. The minimum Gasteiger partial charge on any atom is -0.380 e. The zero-order chi connectivity index (χ0) is 15.7. The lowest BCUT2D eigenvalue weighted by Crippen LogP contribution is -2.52. The number of nitrogens with zero attached hydrogens (tertiary/aromatic N) is 2. The van der Waals surface area contributed by atoms with E-state index in [0.29, 0.717) is 52.1 Å². The van der Waals surface area contributed by atoms with Gasteiger partial charge in [-0.25, -0.2) is 4.79 Å². The van der Waals surface area contributed by atoms with Crippen molar-refractivity contribution in [3.63, 3.8) is 0 Å². The van der Waals surface area contributed by atoms with Crippen LogP contribution in [-0.4, -0.2) is 72.0 Å². The number of halogens is 3. The van der Waals surface area contributed by atoms with E-state index in [2.05, 4.69) is 10.2 Å². The topological polar surface area (TPSA) is 55.8 Å². The number of hydrogen-bond acceptors (Lipinski definition) is 3. The van der Waals surface area contributed by atoms with E-state index in [1.54, 1.807) is 4.90 Å². The molecule has 0 saturated carbocycles. The van der Waals surface area contributed by atoms with Crippen LogP contribution in [0, 0.1) is 5.92 Å². The summed E-state index contributed by atoms with van der Waals surface area (Å²) < 4.78 is 38.4. The van der Waals surface area contributed by atoms with Crippen LogP contribution in [0.5, 0.6) is 0 Å². The maximum absolute atomic E-state index is 12.8. The van der Waals surface area contributed by atoms with Crippen molar-refractivity contribution in [3.8, 4) is 0 Å². The zero-order valence-corrected chi connectivity index (χ0v) is 12.1. The van der Waals surface area contributed by atoms with E-state index in [9.17, 15) is 23.1 Å². The molecular formula is C13H22F3N3O2. The second-order valence-corrected chi connectivity index (χ2v) is 5.98. The predicted octanol–water partition coefficient (Wildman–Crippen LogP) is 1.04. The molecule has 2 saturated heterocycles. The minimum atomic E-state index is -4.59. The van der Waals surface area contributed by atoms with E-state index in [4.69, 9.17) is 0 Å². The molecule has 2 fully saturated rings. The van der Waals surface area contributed by atoms with Gasteiger partial charge in [0.05, 0.1) is 0 Å². The van der Waals surface area contributed by atoms with Crippen LogP contribution in [0.2, 0.25) is 0 Å². The van der Waals surface area contributed by atoms with Gasteiger partial charge >= 0.3 is 12.2 Å². The van der Waals surface area contributed by atoms with Crippen molar-refractivity contribution in [2.24, 2.45) is 5.92 Å². The van der Waals surface area contributed by atoms with E-state index in [1.165, 1.54) is 0 Å². The molecule has 2 aliphatic heterocycles. The summed E-state index contributed by atoms with van der Waals surface area (Å²) in [6, 6.07) is -0.0788. The molecular weight excluding hydrogens is 287 g/mol. The summed E-state index contributed by atoms with van der Waals surface area (Å²) in [6.45, 7) is 4.48. The molecule has 2 aliphatic rings. The Bertz CT molecular complexity index is 379. The number of carbonyl (C=O) groups excluding carboxylic acids is 1. The average Bonchev–Trinajstić information content (AvgIpc) is 2.81. The van der Waals surface area contributed by atoms with Crippen LogP contribution in [-0.2, 0) is 0 Å². The Balaban J connectivity index is 1.77. The van der Waals surface area contributed by atoms with E-state index in [-0.39, 0.29) is 6.03 Å². The fourth-order valence-corrected chi connectivity index (χ4v) is 2.94. The van der Waals surface area contributed by atoms with Gasteiger partial charge in [-0.1, -0.05) is 0 Å². The first kappa shape index (κ1) is 16.4. The summed E-state index contributed by atoms with van der Waals surface area (Å²) in [7, 11) is 0. The number of urea groups is 1. The Morgan fingerprint density at radius 1 is 1.24 bits per heavy atom. The third kappa shape index (κ3) is 3.60. The van der Waals surface area contributed by atoms with Crippen molar-refractivity contribution in [1.82, 2.24) is 15.1 Å². The zero-order valence-electron chi connectivity index (χ0n) is 12.1. The normalized spacial score (nSPS) is 25.0. The number of nitrogens with one attached hydrogen (secondary N) is 1. The van der Waals surface area contributed by atoms with E-state index < -0.39 is 17.7 Å². The Hall–Kier alpha value is -1.02. The Labute approximate surface area is 122 Å². The molecule has 1 atom stereocenters. The molecule has 2 N–H and O–H groups in total. The number of rotatable bonds is 4. The highest BCUT2D eigenvalue weighted by Gasteiger charge is 2.54. The first-order valence-corrected chi connectivity index (χ1v) is 7.26. The molecule has 0 radical (unpaired) electrons. The number of likely N-dealkylation sites (tertiary alicyclic amines) is 1. The summed E-state index contributed by atoms with van der Waals surface area (Å²) >= 11 is 0. The highest BCUT2D eigenvalue weighted by atomic mass is 19.4. The van der Waals surface area contributed by atoms with Gasteiger partial charge in [-0.05, 0) is 38.8 Å². The van der Waals surface area contributed by atoms with Gasteiger partial charge in [-0.3, -0.25) is 0 Å². The number of carbonyl (C=O) groups is 1. The first-order chi connectivity index (χ1) is 9.72. The summed E-state index contributed by atoms with van der Waals surface area (Å²) in [5, 5.41) is 12.4. The standard InChI is InChI=1S/C13H22F3N3O2/c1-12(21,13(14,15)16)10-2-5-18(6-3-10)8-9-19-7-4-17-11(19)20/h10,21H,2-9H2,1H3,(H,17,20). The van der Waals surface area contributed by atoms with Crippen LogP contribution >= 0.6 is 0 Å². The van der Waals surface area contributed by atoms with Crippen LogP contribution in [0.4, 0.5) is 18.0 Å². The van der Waals surface area contributed by atoms with Gasteiger partial charge in [0.25, 0.3) is 0 Å². The lowest BCUT2D eigenvalue weighted by molar-refractivity contribution is -0.275. The summed E-state index contributed by atoms with van der Waals surface area (Å²) in [5.74, 6) is -0.760. The monoisotopic (exact) mass is 309 g/mol. The molecule has 0 aromatic heterocycles. The van der Waals surface area contributed by atoms with Gasteiger partial charge in [-0.2, -0.15) is 13.2 Å². The van der Waals surface area contributed by atoms with E-state index in [1.807, 2.05) is 0 Å². The average molecular weight is 309 g/mol. The molecule has 0 spiro atoms. The van der Waals surface area contributed by atoms with Crippen molar-refractivity contribution < 1.29 is 23.1 Å². The Morgan fingerprint density at radius 2 is 1.86 bits per heavy atom. The molecule has 1 unspecified atom stereocenters. The molecule has 21 heavy (non-hydrogen) atoms. The van der Waals surface area contributed by atoms with Gasteiger partial charge in [-0.15, -0.1) is 0 Å². The largest absolute Gasteiger partial charge is 0.417 e. The van der Waals surface area contributed by atoms with Gasteiger partial charge < -0.3 is 20.2 Å². The third-order valence-electron chi connectivity index (χ3n) is 4.59. The summed E-state index contributed by atoms with van der Waals surface area (Å²) in [4.78, 5) is 15.1. The summed E-state index contributed by atoms with van der Waals surface area (Å²) in [5.41, 5.74) is -2.62. The lowest BCUT2D eigenvalue weighted by atomic mass is 9.81. The van der Waals surface area contributed by atoms with Crippen LogP contribution < -0.4 is 5.32 Å². The number of hydrogen-bond donors (Lipinski definition) is 2. The molecule has 2 rings (SSSR count). The predicted molar refractivity (Wildman–Crippen MR) is 70.8 cm³/mol. The van der Waals surface area contributed by atoms with Crippen molar-refractivity contribution in [3.05, 3.63) is 0 Å². The minimum absolute atomic E-state index is 0.0788. The van der Waals surface area contributed by atoms with Crippen molar-refractivity contribution in [2.75, 3.05) is 39.3 Å². The molecule has 2 amide bonds. The summed E-state index contributed by atoms with van der Waals surface area (Å²) in [6.07, 6.45) is -3.95. The van der Waals surface area contributed by atoms with Crippen LogP contribution in [0.1, 0.15) is 19.8 Å². The molecule has 5 nitrogen and oxygen atoms in total. The van der Waals surface area contributed by atoms with Crippen LogP contribution in [0.3, 0.4) is 0 Å². The third-order valence-corrected chi connectivity index (χ3v) is 4.59. The van der Waals surface area contributed by atoms with Crippen molar-refractivity contribution in [2.45, 2.75) is 31.5 Å². The lowest BCUT2D eigenvalue weighted by Gasteiger charge is -2.40. The van der Waals surface area contributed by atoms with Crippen molar-refractivity contribution in [1.29, 1.82) is 0 Å². The van der Waals surface area contributed by atoms with Gasteiger partial charge in [0.2, 0.25) is 0 Å². The quantitative estimate of drug-likeness (QED) is 0.816. The smallest absolute Gasteiger partial charge is 0.380 e. The molecule has 0 bridgehead atoms. The molecule has 0 aromatic carbocycles. The van der Waals surface area contributed by atoms with Crippen LogP contribution in [0.25, 0.3) is 0 Å². The number of piperidine rings is 1. The van der Waals surface area contributed by atoms with Gasteiger partial charge in [0.1, 0.15) is 0 Å². The highest BCUT2D eigenvalue weighted by molar-refractivity contribution is 5.76. The maximum atomic E-state index is 12.8. The maximum Gasteiger partial charge on any atom is 0.417 e.